The summed E-state index contributed by atoms with van der Waals surface area (Å²) in [6.07, 6.45) is 3.70. The van der Waals surface area contributed by atoms with Crippen molar-refractivity contribution in [2.75, 3.05) is 30.4 Å². The molecule has 2 aromatic carbocycles. The molecule has 186 valence electrons. The molecule has 3 aromatic heterocycles. The molecule has 4 heterocycles. The van der Waals surface area contributed by atoms with E-state index in [4.69, 9.17) is 14.1 Å². The normalized spacial score (nSPS) is 13.8. The molecule has 1 aliphatic rings. The Kier molecular flexibility index (Phi) is 5.75. The van der Waals surface area contributed by atoms with Crippen molar-refractivity contribution in [3.8, 4) is 28.1 Å². The highest BCUT2D eigenvalue weighted by molar-refractivity contribution is 5.85. The first-order valence-electron chi connectivity index (χ1n) is 12.5. The molecule has 0 saturated carbocycles. The van der Waals surface area contributed by atoms with Gasteiger partial charge >= 0.3 is 0 Å². The average Bonchev–Trinajstić information content (AvgIpc) is 3.28. The summed E-state index contributed by atoms with van der Waals surface area (Å²) in [6.45, 7) is 7.63. The van der Waals surface area contributed by atoms with Crippen LogP contribution in [-0.4, -0.2) is 35.2 Å². The number of hydrogen-bond acceptors (Lipinski definition) is 7. The number of anilines is 2. The predicted octanol–water partition coefficient (Wildman–Crippen LogP) is 6.57. The number of ether oxygens (including phenoxy) is 1. The Bertz CT molecular complexity index is 1610. The summed E-state index contributed by atoms with van der Waals surface area (Å²) in [7, 11) is 2.04. The molecule has 1 N–H and O–H groups in total. The molecule has 0 amide bonds. The lowest BCUT2D eigenvalue weighted by molar-refractivity contribution is 0.309. The van der Waals surface area contributed by atoms with E-state index in [1.807, 2.05) is 38.4 Å². The van der Waals surface area contributed by atoms with Crippen LogP contribution in [-0.2, 0) is 0 Å². The van der Waals surface area contributed by atoms with Crippen LogP contribution >= 0.6 is 0 Å². The molecule has 0 saturated heterocycles. The number of nitrogens with zero attached hydrogens (tertiary/aromatic N) is 4. The van der Waals surface area contributed by atoms with Gasteiger partial charge < -0.3 is 19.4 Å². The zero-order valence-electron chi connectivity index (χ0n) is 21.4. The first-order chi connectivity index (χ1) is 17.9. The van der Waals surface area contributed by atoms with E-state index in [9.17, 15) is 0 Å². The summed E-state index contributed by atoms with van der Waals surface area (Å²) >= 11 is 0. The third-order valence-electron chi connectivity index (χ3n) is 6.86. The number of pyridine rings is 1. The molecule has 6 rings (SSSR count). The van der Waals surface area contributed by atoms with Gasteiger partial charge in [0, 0.05) is 41.9 Å². The van der Waals surface area contributed by atoms with Crippen LogP contribution in [0.3, 0.4) is 0 Å². The van der Waals surface area contributed by atoms with Crippen LogP contribution in [0.2, 0.25) is 0 Å². The van der Waals surface area contributed by atoms with Crippen molar-refractivity contribution < 1.29 is 9.15 Å². The summed E-state index contributed by atoms with van der Waals surface area (Å²) in [5.74, 6) is 3.22. The Hall–Kier alpha value is -4.39. The first kappa shape index (κ1) is 23.0. The lowest BCUT2D eigenvalue weighted by Gasteiger charge is -2.26. The molecule has 0 unspecified atom stereocenters. The highest BCUT2D eigenvalue weighted by Gasteiger charge is 2.18. The van der Waals surface area contributed by atoms with Gasteiger partial charge in [0.1, 0.15) is 23.8 Å². The number of benzene rings is 2. The molecular formula is C30H29N5O2. The van der Waals surface area contributed by atoms with Gasteiger partial charge in [-0.1, -0.05) is 18.2 Å². The molecule has 7 nitrogen and oxygen atoms in total. The smallest absolute Gasteiger partial charge is 0.171 e. The maximum absolute atomic E-state index is 5.86. The molecule has 37 heavy (non-hydrogen) atoms. The summed E-state index contributed by atoms with van der Waals surface area (Å²) in [5, 5.41) is 4.67. The SMILES string of the molecule is Cc1nc(N[C@@H](C)c2cccc(-c3cnc4c(c3)OCCN4C)c2)cc(-c2ccc3occ(C)c3c2)n1. The van der Waals surface area contributed by atoms with Gasteiger partial charge in [0.05, 0.1) is 18.5 Å². The van der Waals surface area contributed by atoms with E-state index in [-0.39, 0.29) is 6.04 Å². The van der Waals surface area contributed by atoms with Crippen molar-refractivity contribution in [2.45, 2.75) is 26.8 Å². The summed E-state index contributed by atoms with van der Waals surface area (Å²) in [5.41, 5.74) is 7.20. The van der Waals surface area contributed by atoms with Crippen molar-refractivity contribution in [3.05, 3.63) is 84.0 Å². The second-order valence-corrected chi connectivity index (χ2v) is 9.62. The van der Waals surface area contributed by atoms with Gasteiger partial charge in [-0.15, -0.1) is 0 Å². The summed E-state index contributed by atoms with van der Waals surface area (Å²) < 4.78 is 11.5. The Balaban J connectivity index is 1.26. The predicted molar refractivity (Wildman–Crippen MR) is 147 cm³/mol. The zero-order chi connectivity index (χ0) is 25.5. The molecular weight excluding hydrogens is 462 g/mol. The Labute approximate surface area is 216 Å². The van der Waals surface area contributed by atoms with E-state index >= 15 is 0 Å². The van der Waals surface area contributed by atoms with Gasteiger partial charge in [0.15, 0.2) is 11.6 Å². The lowest BCUT2D eigenvalue weighted by atomic mass is 10.0. The number of nitrogens with one attached hydrogen (secondary N) is 1. The monoisotopic (exact) mass is 491 g/mol. The molecule has 1 aliphatic heterocycles. The number of fused-ring (bicyclic) bond motifs is 2. The largest absolute Gasteiger partial charge is 0.488 e. The van der Waals surface area contributed by atoms with Crippen molar-refractivity contribution in [2.24, 2.45) is 0 Å². The van der Waals surface area contributed by atoms with E-state index in [0.29, 0.717) is 6.61 Å². The second kappa shape index (κ2) is 9.24. The number of hydrogen-bond donors (Lipinski definition) is 1. The number of rotatable bonds is 5. The third-order valence-corrected chi connectivity index (χ3v) is 6.86. The second-order valence-electron chi connectivity index (χ2n) is 9.62. The number of aromatic nitrogens is 3. The molecule has 0 bridgehead atoms. The fourth-order valence-electron chi connectivity index (χ4n) is 4.78. The summed E-state index contributed by atoms with van der Waals surface area (Å²) in [4.78, 5) is 16.1. The van der Waals surface area contributed by atoms with Gasteiger partial charge in [-0.2, -0.15) is 0 Å². The fraction of sp³-hybridized carbons (Fsp3) is 0.233. The third kappa shape index (κ3) is 4.48. The Morgan fingerprint density at radius 2 is 1.86 bits per heavy atom. The highest BCUT2D eigenvalue weighted by Crippen LogP contribution is 2.34. The molecule has 0 aliphatic carbocycles. The van der Waals surface area contributed by atoms with Crippen LogP contribution in [0.25, 0.3) is 33.4 Å². The van der Waals surface area contributed by atoms with Gasteiger partial charge in [0.25, 0.3) is 0 Å². The van der Waals surface area contributed by atoms with Gasteiger partial charge in [-0.25, -0.2) is 15.0 Å². The number of aryl methyl sites for hydroxylation is 2. The molecule has 5 aromatic rings. The fourth-order valence-corrected chi connectivity index (χ4v) is 4.78. The van der Waals surface area contributed by atoms with Gasteiger partial charge in [0.2, 0.25) is 0 Å². The first-order valence-corrected chi connectivity index (χ1v) is 12.5. The van der Waals surface area contributed by atoms with Crippen molar-refractivity contribution in [1.29, 1.82) is 0 Å². The van der Waals surface area contributed by atoms with E-state index in [1.165, 1.54) is 0 Å². The van der Waals surface area contributed by atoms with E-state index < -0.39 is 0 Å². The molecule has 0 fully saturated rings. The maximum Gasteiger partial charge on any atom is 0.171 e. The minimum Gasteiger partial charge on any atom is -0.488 e. The van der Waals surface area contributed by atoms with E-state index in [0.717, 1.165) is 74.2 Å². The van der Waals surface area contributed by atoms with Crippen molar-refractivity contribution in [3.63, 3.8) is 0 Å². The Morgan fingerprint density at radius 1 is 0.973 bits per heavy atom. The van der Waals surface area contributed by atoms with Crippen LogP contribution in [0.5, 0.6) is 5.75 Å². The average molecular weight is 492 g/mol. The van der Waals surface area contributed by atoms with Gasteiger partial charge in [-0.3, -0.25) is 0 Å². The topological polar surface area (TPSA) is 76.3 Å². The summed E-state index contributed by atoms with van der Waals surface area (Å²) in [6, 6.07) is 18.8. The molecule has 7 heteroatoms. The van der Waals surface area contributed by atoms with E-state index in [2.05, 4.69) is 70.4 Å². The van der Waals surface area contributed by atoms with Crippen LogP contribution in [0.1, 0.15) is 29.9 Å². The van der Waals surface area contributed by atoms with Crippen LogP contribution in [0, 0.1) is 13.8 Å². The molecule has 0 radical (unpaired) electrons. The van der Waals surface area contributed by atoms with Crippen LogP contribution in [0.4, 0.5) is 11.6 Å². The lowest BCUT2D eigenvalue weighted by Crippen LogP contribution is -2.29. The van der Waals surface area contributed by atoms with Crippen LogP contribution in [0.15, 0.2) is 71.5 Å². The van der Waals surface area contributed by atoms with E-state index in [1.54, 1.807) is 6.26 Å². The minimum atomic E-state index is 0.0358. The van der Waals surface area contributed by atoms with Crippen molar-refractivity contribution >= 4 is 22.6 Å². The highest BCUT2D eigenvalue weighted by atomic mass is 16.5. The molecule has 1 atom stereocenters. The number of furan rings is 1. The maximum atomic E-state index is 5.86. The minimum absolute atomic E-state index is 0.0358. The molecule has 0 spiro atoms. The quantitative estimate of drug-likeness (QED) is 0.298. The Morgan fingerprint density at radius 3 is 2.76 bits per heavy atom. The zero-order valence-corrected chi connectivity index (χ0v) is 21.4. The van der Waals surface area contributed by atoms with Gasteiger partial charge in [-0.05, 0) is 67.8 Å². The number of likely N-dealkylation sites (N-methyl/N-ethyl adjacent to an activating group) is 1. The van der Waals surface area contributed by atoms with Crippen LogP contribution < -0.4 is 15.0 Å². The standard InChI is InChI=1S/C30H29N5O2/c1-18-17-37-27-9-8-23(13-25(18)27)26-15-29(34-20(3)33-26)32-19(2)21-6-5-7-22(12-21)24-14-28-30(31-16-24)35(4)10-11-36-28/h5-9,12-17,19H,10-11H2,1-4H3,(H,32,33,34)/t19-/m0/s1. The van der Waals surface area contributed by atoms with Crippen molar-refractivity contribution in [1.82, 2.24) is 15.0 Å².